The number of hydrogen-bond acceptors (Lipinski definition) is 8. The summed E-state index contributed by atoms with van der Waals surface area (Å²) in [7, 11) is -2.78. The lowest BCUT2D eigenvalue weighted by atomic mass is 10.1. The second-order valence-corrected chi connectivity index (χ2v) is 10.9. The number of ether oxygens (including phenoxy) is 1. The third-order valence-corrected chi connectivity index (χ3v) is 7.87. The van der Waals surface area contributed by atoms with Gasteiger partial charge in [0.15, 0.2) is 0 Å². The van der Waals surface area contributed by atoms with E-state index in [9.17, 15) is 22.8 Å². The van der Waals surface area contributed by atoms with E-state index in [0.717, 1.165) is 10.3 Å². The number of amides is 2. The minimum Gasteiger partial charge on any atom is -0.481 e. The minimum atomic E-state index is -4.27. The second-order valence-electron chi connectivity index (χ2n) is 9.19. The molecule has 0 aliphatic carbocycles. The number of hydrogen-bond donors (Lipinski definition) is 3. The fraction of sp³-hybridized carbons (Fsp3) is 0.385. The van der Waals surface area contributed by atoms with Gasteiger partial charge in [-0.25, -0.2) is 8.42 Å². The Kier molecular flexibility index (Phi) is 10.6. The van der Waals surface area contributed by atoms with Crippen LogP contribution in [-0.2, 0) is 29.1 Å². The molecule has 2 aromatic carbocycles. The van der Waals surface area contributed by atoms with E-state index in [1.807, 2.05) is 12.1 Å². The Bertz CT molecular complexity index is 1370. The van der Waals surface area contributed by atoms with E-state index in [1.54, 1.807) is 23.1 Å². The van der Waals surface area contributed by atoms with Crippen molar-refractivity contribution in [2.45, 2.75) is 30.0 Å². The number of morpholine rings is 1. The lowest BCUT2D eigenvalue weighted by molar-refractivity contribution is -0.151. The van der Waals surface area contributed by atoms with Gasteiger partial charge in [0, 0.05) is 26.7 Å². The van der Waals surface area contributed by atoms with Gasteiger partial charge in [0.1, 0.15) is 18.6 Å². The predicted octanol–water partition coefficient (Wildman–Crippen LogP) is 0.385. The summed E-state index contributed by atoms with van der Waals surface area (Å²) >= 11 is 0. The quantitative estimate of drug-likeness (QED) is 0.100. The number of carbonyl (C=O) groups is 3. The number of nitrogens with one attached hydrogen (secondary N) is 1. The van der Waals surface area contributed by atoms with Crippen LogP contribution >= 0.6 is 0 Å². The van der Waals surface area contributed by atoms with Crippen molar-refractivity contribution in [2.75, 3.05) is 39.8 Å². The predicted molar refractivity (Wildman–Crippen MR) is 148 cm³/mol. The number of benzene rings is 2. The second kappa shape index (κ2) is 13.9. The first-order valence-electron chi connectivity index (χ1n) is 12.5. The summed E-state index contributed by atoms with van der Waals surface area (Å²) < 4.78 is 34.9. The molecule has 0 spiro atoms. The van der Waals surface area contributed by atoms with Crippen molar-refractivity contribution < 1.29 is 32.6 Å². The van der Waals surface area contributed by atoms with Gasteiger partial charge in [-0.05, 0) is 22.9 Å². The average Bonchev–Trinajstić information content (AvgIpc) is 2.94. The summed E-state index contributed by atoms with van der Waals surface area (Å²) in [5, 5.41) is 14.1. The molecular weight excluding hydrogens is 540 g/mol. The molecule has 0 unspecified atom stereocenters. The molecule has 4 N–H and O–H groups in total. The van der Waals surface area contributed by atoms with Crippen molar-refractivity contribution in [1.82, 2.24) is 19.4 Å². The zero-order valence-corrected chi connectivity index (χ0v) is 23.0. The number of carboxylic acids is 1. The molecule has 3 rings (SSSR count). The number of fused-ring (bicyclic) bond motifs is 1. The van der Waals surface area contributed by atoms with Crippen LogP contribution in [0.3, 0.4) is 0 Å². The molecule has 40 heavy (non-hydrogen) atoms. The highest BCUT2D eigenvalue weighted by Crippen LogP contribution is 2.20. The minimum absolute atomic E-state index is 0.0382. The first kappa shape index (κ1) is 30.5. The fourth-order valence-electron chi connectivity index (χ4n) is 4.23. The fourth-order valence-corrected chi connectivity index (χ4v) is 5.45. The average molecular weight is 575 g/mol. The van der Waals surface area contributed by atoms with Gasteiger partial charge in [-0.15, -0.1) is 6.58 Å². The Balaban J connectivity index is 1.88. The molecule has 0 radical (unpaired) electrons. The number of sulfonamides is 1. The zero-order valence-electron chi connectivity index (χ0n) is 22.2. The number of rotatable bonds is 13. The third kappa shape index (κ3) is 8.00. The Morgan fingerprint density at radius 2 is 2.00 bits per heavy atom. The monoisotopic (exact) mass is 574 g/mol. The van der Waals surface area contributed by atoms with Gasteiger partial charge in [-0.1, -0.05) is 36.4 Å². The highest BCUT2D eigenvalue weighted by Gasteiger charge is 2.34. The van der Waals surface area contributed by atoms with Crippen molar-refractivity contribution in [1.29, 1.82) is 0 Å². The standard InChI is InChI=1S/C26H34N6O7S/c1-3-11-32(12-10-25(34)35)26(36)22(16-23(33)30(2)24-17-31(18-28-27)13-14-39-24)29-40(37,38)21-9-8-19-6-4-5-7-20(19)15-21/h3-9,15,18,22,24,29H,1,10-14,16-17,27H2,2H3,(H,34,35)/t22-,24+/m1/s1. The van der Waals surface area contributed by atoms with Gasteiger partial charge in [0.05, 0.1) is 30.9 Å². The molecule has 1 heterocycles. The third-order valence-electron chi connectivity index (χ3n) is 6.40. The van der Waals surface area contributed by atoms with Crippen LogP contribution < -0.4 is 10.6 Å². The zero-order chi connectivity index (χ0) is 29.3. The molecule has 1 aliphatic heterocycles. The van der Waals surface area contributed by atoms with E-state index in [4.69, 9.17) is 15.7 Å². The SMILES string of the molecule is C=CCN(CCC(=O)O)C(=O)[C@@H](CC(=O)N(C)[C@@H]1CN(C=NN)CCO1)NS(=O)(=O)c1ccc2ccccc2c1. The summed E-state index contributed by atoms with van der Waals surface area (Å²) in [6.45, 7) is 4.45. The number of carboxylic acid groups (broad SMARTS) is 1. The number of likely N-dealkylation sites (N-methyl/N-ethyl adjacent to an activating group) is 1. The van der Waals surface area contributed by atoms with Crippen LogP contribution in [-0.4, -0.2) is 104 Å². The van der Waals surface area contributed by atoms with Gasteiger partial charge in [0.2, 0.25) is 21.8 Å². The molecule has 2 aromatic rings. The molecule has 1 fully saturated rings. The van der Waals surface area contributed by atoms with Crippen LogP contribution in [0.1, 0.15) is 12.8 Å². The first-order valence-corrected chi connectivity index (χ1v) is 14.0. The van der Waals surface area contributed by atoms with Gasteiger partial charge >= 0.3 is 5.97 Å². The van der Waals surface area contributed by atoms with Crippen molar-refractivity contribution >= 4 is 44.9 Å². The molecular formula is C26H34N6O7S. The normalized spacial score (nSPS) is 16.5. The molecule has 2 amide bonds. The largest absolute Gasteiger partial charge is 0.481 e. The van der Waals surface area contributed by atoms with E-state index >= 15 is 0 Å². The van der Waals surface area contributed by atoms with E-state index in [-0.39, 0.29) is 31.0 Å². The number of aliphatic carboxylic acids is 1. The van der Waals surface area contributed by atoms with E-state index < -0.39 is 46.5 Å². The number of nitrogens with zero attached hydrogens (tertiary/aromatic N) is 4. The highest BCUT2D eigenvalue weighted by atomic mass is 32.2. The maximum absolute atomic E-state index is 13.6. The molecule has 0 aromatic heterocycles. The summed E-state index contributed by atoms with van der Waals surface area (Å²) in [5.41, 5.74) is 0. The summed E-state index contributed by atoms with van der Waals surface area (Å²) in [6.07, 6.45) is 1.22. The molecule has 1 saturated heterocycles. The molecule has 216 valence electrons. The highest BCUT2D eigenvalue weighted by molar-refractivity contribution is 7.89. The van der Waals surface area contributed by atoms with Gasteiger partial charge < -0.3 is 30.4 Å². The Morgan fingerprint density at radius 3 is 2.67 bits per heavy atom. The van der Waals surface area contributed by atoms with Crippen LogP contribution in [0.5, 0.6) is 0 Å². The van der Waals surface area contributed by atoms with Crippen LogP contribution in [0.25, 0.3) is 10.8 Å². The van der Waals surface area contributed by atoms with E-state index in [2.05, 4.69) is 16.4 Å². The number of nitrogens with two attached hydrogens (primary N) is 1. The Labute approximate surface area is 232 Å². The number of carbonyl (C=O) groups excluding carboxylic acids is 2. The van der Waals surface area contributed by atoms with Crippen molar-refractivity contribution in [3.63, 3.8) is 0 Å². The van der Waals surface area contributed by atoms with E-state index in [1.165, 1.54) is 36.5 Å². The van der Waals surface area contributed by atoms with Gasteiger partial charge in [0.25, 0.3) is 0 Å². The van der Waals surface area contributed by atoms with Crippen LogP contribution in [0, 0.1) is 0 Å². The Morgan fingerprint density at radius 1 is 1.27 bits per heavy atom. The molecule has 2 atom stereocenters. The Hall–Kier alpha value is -4.01. The summed E-state index contributed by atoms with van der Waals surface area (Å²) in [4.78, 5) is 42.2. The topological polar surface area (TPSA) is 175 Å². The lowest BCUT2D eigenvalue weighted by Gasteiger charge is -2.37. The maximum Gasteiger partial charge on any atom is 0.305 e. The van der Waals surface area contributed by atoms with Gasteiger partial charge in [-0.3, -0.25) is 14.4 Å². The molecule has 1 aliphatic rings. The number of hydrazone groups is 1. The lowest BCUT2D eigenvalue weighted by Crippen LogP contribution is -2.54. The van der Waals surface area contributed by atoms with Crippen molar-refractivity contribution in [3.8, 4) is 0 Å². The van der Waals surface area contributed by atoms with Crippen LogP contribution in [0.4, 0.5) is 0 Å². The smallest absolute Gasteiger partial charge is 0.305 e. The molecule has 14 heteroatoms. The molecule has 13 nitrogen and oxygen atoms in total. The van der Waals surface area contributed by atoms with Crippen LogP contribution in [0.15, 0.2) is 65.1 Å². The van der Waals surface area contributed by atoms with Crippen molar-refractivity contribution in [2.24, 2.45) is 10.9 Å². The van der Waals surface area contributed by atoms with Gasteiger partial charge in [-0.2, -0.15) is 9.82 Å². The molecule has 0 bridgehead atoms. The summed E-state index contributed by atoms with van der Waals surface area (Å²) in [6, 6.07) is 10.2. The maximum atomic E-state index is 13.6. The molecule has 0 saturated carbocycles. The van der Waals surface area contributed by atoms with E-state index in [0.29, 0.717) is 18.5 Å². The first-order chi connectivity index (χ1) is 19.1. The van der Waals surface area contributed by atoms with Crippen molar-refractivity contribution in [3.05, 3.63) is 55.1 Å². The van der Waals surface area contributed by atoms with Crippen LogP contribution in [0.2, 0.25) is 0 Å². The summed E-state index contributed by atoms with van der Waals surface area (Å²) in [5.74, 6) is 2.78.